The molecule has 3 aromatic rings. The largest absolute Gasteiger partial charge is 0.337 e. The van der Waals surface area contributed by atoms with Crippen LogP contribution in [-0.2, 0) is 32.5 Å². The maximum atomic E-state index is 13.7. The third kappa shape index (κ3) is 8.91. The first-order valence-corrected chi connectivity index (χ1v) is 17.0. The van der Waals surface area contributed by atoms with Gasteiger partial charge in [-0.25, -0.2) is 8.42 Å². The minimum atomic E-state index is -3.64. The maximum Gasteiger partial charge on any atom is 0.226 e. The standard InChI is InChI=1S/C34H42ClN3O4S/c1-4-9-34(40)38-18-8-17-36(24-28-10-6-5-7-11-28)19-20-37(25-29-13-14-30(35)23-32(29)38)33(39)16-21-43(41,42)31-15-12-26(2)27(3)22-31/h5-7,10-15,22-23H,4,8-9,16-21,24-25H2,1-3H3. The van der Waals surface area contributed by atoms with E-state index in [1.54, 1.807) is 35.2 Å². The van der Waals surface area contributed by atoms with Crippen LogP contribution in [0.3, 0.4) is 0 Å². The van der Waals surface area contributed by atoms with Gasteiger partial charge in [-0.3, -0.25) is 14.5 Å². The van der Waals surface area contributed by atoms with Gasteiger partial charge in [-0.05, 0) is 73.2 Å². The molecule has 0 N–H and O–H groups in total. The van der Waals surface area contributed by atoms with Crippen LogP contribution in [-0.4, -0.2) is 62.0 Å². The van der Waals surface area contributed by atoms with E-state index in [4.69, 9.17) is 11.6 Å². The van der Waals surface area contributed by atoms with Crippen molar-refractivity contribution in [2.45, 2.75) is 64.4 Å². The van der Waals surface area contributed by atoms with E-state index in [1.165, 1.54) is 5.56 Å². The maximum absolute atomic E-state index is 13.7. The number of halogens is 1. The Morgan fingerprint density at radius 2 is 1.60 bits per heavy atom. The first kappa shape index (κ1) is 32.7. The number of carbonyl (C=O) groups excluding carboxylic acids is 2. The molecule has 0 saturated heterocycles. The van der Waals surface area contributed by atoms with Gasteiger partial charge >= 0.3 is 0 Å². The summed E-state index contributed by atoms with van der Waals surface area (Å²) in [5, 5.41) is 0.519. The van der Waals surface area contributed by atoms with E-state index in [9.17, 15) is 18.0 Å². The van der Waals surface area contributed by atoms with Gasteiger partial charge in [0.25, 0.3) is 0 Å². The molecule has 4 rings (SSSR count). The van der Waals surface area contributed by atoms with Gasteiger partial charge < -0.3 is 9.80 Å². The number of rotatable bonds is 8. The van der Waals surface area contributed by atoms with Gasteiger partial charge in [-0.15, -0.1) is 0 Å². The Hall–Kier alpha value is -3.20. The molecule has 0 radical (unpaired) electrons. The Morgan fingerprint density at radius 3 is 2.33 bits per heavy atom. The summed E-state index contributed by atoms with van der Waals surface area (Å²) >= 11 is 6.42. The number of carbonyl (C=O) groups is 2. The predicted octanol–water partition coefficient (Wildman–Crippen LogP) is 6.19. The number of hydrogen-bond acceptors (Lipinski definition) is 5. The molecule has 0 saturated carbocycles. The van der Waals surface area contributed by atoms with Crippen molar-refractivity contribution in [3.8, 4) is 0 Å². The zero-order valence-corrected chi connectivity index (χ0v) is 27.0. The van der Waals surface area contributed by atoms with Gasteiger partial charge in [0, 0.05) is 57.1 Å². The molecule has 0 aliphatic carbocycles. The van der Waals surface area contributed by atoms with Crippen LogP contribution in [0.2, 0.25) is 5.02 Å². The second kappa shape index (κ2) is 15.0. The SMILES string of the molecule is CCCC(=O)N1CCCN(Cc2ccccc2)CCN(C(=O)CCS(=O)(=O)c2ccc(C)c(C)c2)Cc2ccc(Cl)cc21. The van der Waals surface area contributed by atoms with Gasteiger partial charge in [0.1, 0.15) is 0 Å². The summed E-state index contributed by atoms with van der Waals surface area (Å²) in [6, 6.07) is 20.7. The van der Waals surface area contributed by atoms with E-state index < -0.39 is 9.84 Å². The summed E-state index contributed by atoms with van der Waals surface area (Å²) in [6.07, 6.45) is 1.77. The van der Waals surface area contributed by atoms with Crippen molar-refractivity contribution in [1.82, 2.24) is 9.80 Å². The lowest BCUT2D eigenvalue weighted by atomic mass is 10.1. The normalized spacial score (nSPS) is 15.1. The number of benzene rings is 3. The monoisotopic (exact) mass is 623 g/mol. The molecule has 3 aromatic carbocycles. The van der Waals surface area contributed by atoms with E-state index in [1.807, 2.05) is 49.9 Å². The summed E-state index contributed by atoms with van der Waals surface area (Å²) in [4.78, 5) is 33.1. The van der Waals surface area contributed by atoms with Crippen molar-refractivity contribution in [2.75, 3.05) is 36.8 Å². The molecule has 0 fully saturated rings. The minimum absolute atomic E-state index is 0.0252. The number of sulfone groups is 1. The Labute approximate surface area is 261 Å². The van der Waals surface area contributed by atoms with Gasteiger partial charge in [0.05, 0.1) is 16.3 Å². The summed E-state index contributed by atoms with van der Waals surface area (Å²) in [5.41, 5.74) is 4.61. The fourth-order valence-electron chi connectivity index (χ4n) is 5.38. The average molecular weight is 624 g/mol. The molecule has 0 unspecified atom stereocenters. The van der Waals surface area contributed by atoms with Crippen molar-refractivity contribution in [1.29, 1.82) is 0 Å². The van der Waals surface area contributed by atoms with E-state index >= 15 is 0 Å². The highest BCUT2D eigenvalue weighted by Crippen LogP contribution is 2.29. The minimum Gasteiger partial charge on any atom is -0.337 e. The van der Waals surface area contributed by atoms with Crippen molar-refractivity contribution >= 4 is 38.9 Å². The molecule has 7 nitrogen and oxygen atoms in total. The smallest absolute Gasteiger partial charge is 0.226 e. The molecule has 0 bridgehead atoms. The van der Waals surface area contributed by atoms with E-state index in [2.05, 4.69) is 17.0 Å². The summed E-state index contributed by atoms with van der Waals surface area (Å²) < 4.78 is 26.4. The Balaban J connectivity index is 1.62. The second-order valence-electron chi connectivity index (χ2n) is 11.3. The first-order chi connectivity index (χ1) is 20.6. The lowest BCUT2D eigenvalue weighted by molar-refractivity contribution is -0.131. The van der Waals surface area contributed by atoms with Gasteiger partial charge in [-0.2, -0.15) is 0 Å². The number of fused-ring (bicyclic) bond motifs is 1. The van der Waals surface area contributed by atoms with Gasteiger partial charge in [0.2, 0.25) is 11.8 Å². The van der Waals surface area contributed by atoms with Crippen molar-refractivity contribution in [2.24, 2.45) is 0 Å². The molecule has 43 heavy (non-hydrogen) atoms. The Kier molecular flexibility index (Phi) is 11.4. The van der Waals surface area contributed by atoms with Crippen LogP contribution >= 0.6 is 11.6 Å². The fraction of sp³-hybridized carbons (Fsp3) is 0.412. The van der Waals surface area contributed by atoms with Crippen LogP contribution in [0.1, 0.15) is 54.9 Å². The highest BCUT2D eigenvalue weighted by atomic mass is 35.5. The zero-order chi connectivity index (χ0) is 31.0. The topological polar surface area (TPSA) is 78.0 Å². The van der Waals surface area contributed by atoms with Crippen molar-refractivity contribution in [3.05, 3.63) is 94.0 Å². The van der Waals surface area contributed by atoms with Crippen LogP contribution in [0.25, 0.3) is 0 Å². The average Bonchev–Trinajstić information content (AvgIpc) is 3.01. The quantitative estimate of drug-likeness (QED) is 0.299. The summed E-state index contributed by atoms with van der Waals surface area (Å²) in [5.74, 6) is -0.483. The van der Waals surface area contributed by atoms with Crippen molar-refractivity contribution < 1.29 is 18.0 Å². The molecule has 9 heteroatoms. The second-order valence-corrected chi connectivity index (χ2v) is 13.9. The van der Waals surface area contributed by atoms with Crippen LogP contribution in [0, 0.1) is 13.8 Å². The molecule has 1 aliphatic rings. The number of anilines is 1. The molecule has 0 spiro atoms. The molecule has 1 heterocycles. The van der Waals surface area contributed by atoms with Crippen LogP contribution < -0.4 is 4.90 Å². The number of amides is 2. The molecule has 2 amide bonds. The lowest BCUT2D eigenvalue weighted by Crippen LogP contribution is -2.39. The van der Waals surface area contributed by atoms with E-state index in [0.717, 1.165) is 36.1 Å². The summed E-state index contributed by atoms with van der Waals surface area (Å²) in [6.45, 7) is 9.10. The van der Waals surface area contributed by atoms with Gasteiger partial charge in [-0.1, -0.05) is 61.0 Å². The summed E-state index contributed by atoms with van der Waals surface area (Å²) in [7, 11) is -3.64. The molecule has 1 aliphatic heterocycles. The molecule has 0 aromatic heterocycles. The van der Waals surface area contributed by atoms with Crippen LogP contribution in [0.5, 0.6) is 0 Å². The van der Waals surface area contributed by atoms with Crippen LogP contribution in [0.15, 0.2) is 71.6 Å². The Bertz CT molecular complexity index is 1530. The highest BCUT2D eigenvalue weighted by molar-refractivity contribution is 7.91. The highest BCUT2D eigenvalue weighted by Gasteiger charge is 2.25. The molecule has 0 atom stereocenters. The predicted molar refractivity (Wildman–Crippen MR) is 173 cm³/mol. The number of aryl methyl sites for hydroxylation is 2. The van der Waals surface area contributed by atoms with E-state index in [-0.39, 0.29) is 35.4 Å². The molecular formula is C34H42ClN3O4S. The van der Waals surface area contributed by atoms with Crippen molar-refractivity contribution in [3.63, 3.8) is 0 Å². The number of nitrogens with zero attached hydrogens (tertiary/aromatic N) is 3. The third-order valence-electron chi connectivity index (χ3n) is 8.03. The third-order valence-corrected chi connectivity index (χ3v) is 9.98. The fourth-order valence-corrected chi connectivity index (χ4v) is 6.86. The zero-order valence-electron chi connectivity index (χ0n) is 25.4. The Morgan fingerprint density at radius 1 is 0.837 bits per heavy atom. The first-order valence-electron chi connectivity index (χ1n) is 15.0. The lowest BCUT2D eigenvalue weighted by Gasteiger charge is -2.28. The van der Waals surface area contributed by atoms with Gasteiger partial charge in [0.15, 0.2) is 9.84 Å². The van der Waals surface area contributed by atoms with E-state index in [0.29, 0.717) is 43.3 Å². The molecule has 230 valence electrons. The van der Waals surface area contributed by atoms with Crippen LogP contribution in [0.4, 0.5) is 5.69 Å². The number of hydrogen-bond donors (Lipinski definition) is 0. The molecular weight excluding hydrogens is 582 g/mol.